The lowest BCUT2D eigenvalue weighted by Gasteiger charge is -2.29. The van der Waals surface area contributed by atoms with Crippen LogP contribution in [0.25, 0.3) is 11.3 Å². The Morgan fingerprint density at radius 2 is 1.83 bits per heavy atom. The standard InChI is InChI=1S/C21H28N4O2S2/c1-21(2,3)15-25-19-9-8-18(22-20(19)23(4)28-25)16-6-5-7-17(14-16)24-10-12-29(26,27)13-11-24/h5-9,14H,10-13,15H2,1-4H3. The molecule has 4 rings (SSSR count). The highest BCUT2D eigenvalue weighted by atomic mass is 32.2. The molecule has 1 saturated heterocycles. The summed E-state index contributed by atoms with van der Waals surface area (Å²) in [6.45, 7) is 8.76. The highest BCUT2D eigenvalue weighted by molar-refractivity contribution is 8.02. The lowest BCUT2D eigenvalue weighted by atomic mass is 9.97. The molecule has 2 aliphatic heterocycles. The van der Waals surface area contributed by atoms with E-state index in [-0.39, 0.29) is 16.9 Å². The van der Waals surface area contributed by atoms with E-state index in [1.807, 2.05) is 19.2 Å². The molecule has 1 fully saturated rings. The van der Waals surface area contributed by atoms with E-state index in [0.717, 1.165) is 35.0 Å². The maximum Gasteiger partial charge on any atom is 0.164 e. The van der Waals surface area contributed by atoms with Crippen LogP contribution in [0.4, 0.5) is 17.2 Å². The average Bonchev–Trinajstić information content (AvgIpc) is 2.95. The third-order valence-electron chi connectivity index (χ3n) is 5.11. The van der Waals surface area contributed by atoms with Crippen molar-refractivity contribution in [1.29, 1.82) is 0 Å². The van der Waals surface area contributed by atoms with Gasteiger partial charge in [0.25, 0.3) is 0 Å². The Hall–Kier alpha value is -1.93. The second kappa shape index (κ2) is 7.40. The first-order valence-electron chi connectivity index (χ1n) is 9.88. The SMILES string of the molecule is CN1SN(CC(C)(C)C)c2ccc(-c3cccc(N4CCS(=O)(=O)CC4)c3)nc21. The second-order valence-electron chi connectivity index (χ2n) is 8.90. The molecule has 0 N–H and O–H groups in total. The molecule has 6 nitrogen and oxygen atoms in total. The fourth-order valence-electron chi connectivity index (χ4n) is 3.64. The highest BCUT2D eigenvalue weighted by Crippen LogP contribution is 2.44. The molecular weight excluding hydrogens is 404 g/mol. The Kier molecular flexibility index (Phi) is 5.19. The average molecular weight is 433 g/mol. The molecule has 1 aromatic carbocycles. The van der Waals surface area contributed by atoms with Crippen LogP contribution in [0.15, 0.2) is 36.4 Å². The number of hydrogen-bond acceptors (Lipinski definition) is 7. The number of sulfone groups is 1. The molecular formula is C21H28N4O2S2. The number of aromatic nitrogens is 1. The lowest BCUT2D eigenvalue weighted by molar-refractivity contribution is 0.432. The first-order valence-corrected chi connectivity index (χ1v) is 12.4. The zero-order chi connectivity index (χ0) is 20.8. The van der Waals surface area contributed by atoms with E-state index in [4.69, 9.17) is 4.98 Å². The Bertz CT molecular complexity index is 1000. The van der Waals surface area contributed by atoms with Gasteiger partial charge < -0.3 is 4.90 Å². The summed E-state index contributed by atoms with van der Waals surface area (Å²) in [5.41, 5.74) is 4.38. The highest BCUT2D eigenvalue weighted by Gasteiger charge is 2.30. The van der Waals surface area contributed by atoms with Gasteiger partial charge in [0, 0.05) is 37.9 Å². The van der Waals surface area contributed by atoms with Gasteiger partial charge in [-0.3, -0.25) is 8.61 Å². The smallest absolute Gasteiger partial charge is 0.164 e. The lowest BCUT2D eigenvalue weighted by Crippen LogP contribution is -2.40. The molecule has 1 aromatic heterocycles. The van der Waals surface area contributed by atoms with Crippen LogP contribution in [-0.4, -0.2) is 51.6 Å². The third kappa shape index (κ3) is 4.48. The van der Waals surface area contributed by atoms with E-state index in [9.17, 15) is 8.42 Å². The van der Waals surface area contributed by atoms with Gasteiger partial charge in [0.15, 0.2) is 15.7 Å². The summed E-state index contributed by atoms with van der Waals surface area (Å²) < 4.78 is 27.9. The number of benzene rings is 1. The van der Waals surface area contributed by atoms with Crippen molar-refractivity contribution in [3.8, 4) is 11.3 Å². The topological polar surface area (TPSA) is 56.8 Å². The molecule has 156 valence electrons. The Morgan fingerprint density at radius 1 is 1.10 bits per heavy atom. The third-order valence-corrected chi connectivity index (χ3v) is 7.66. The normalized spacial score (nSPS) is 18.8. The zero-order valence-corrected chi connectivity index (χ0v) is 19.1. The molecule has 0 unspecified atom stereocenters. The van der Waals surface area contributed by atoms with Crippen LogP contribution in [-0.2, 0) is 9.84 Å². The van der Waals surface area contributed by atoms with Gasteiger partial charge in [0.1, 0.15) is 0 Å². The van der Waals surface area contributed by atoms with Crippen molar-refractivity contribution in [1.82, 2.24) is 4.98 Å². The van der Waals surface area contributed by atoms with Gasteiger partial charge in [0.2, 0.25) is 0 Å². The van der Waals surface area contributed by atoms with E-state index in [0.29, 0.717) is 13.1 Å². The second-order valence-corrected chi connectivity index (χ2v) is 12.4. The van der Waals surface area contributed by atoms with E-state index in [1.165, 1.54) is 0 Å². The Morgan fingerprint density at radius 3 is 2.52 bits per heavy atom. The molecule has 0 amide bonds. The predicted molar refractivity (Wildman–Crippen MR) is 123 cm³/mol. The quantitative estimate of drug-likeness (QED) is 0.683. The summed E-state index contributed by atoms with van der Waals surface area (Å²) in [4.78, 5) is 7.09. The summed E-state index contributed by atoms with van der Waals surface area (Å²) in [7, 11) is -0.835. The zero-order valence-electron chi connectivity index (χ0n) is 17.4. The number of nitrogens with zero attached hydrogens (tertiary/aromatic N) is 4. The minimum atomic E-state index is -2.88. The van der Waals surface area contributed by atoms with Crippen LogP contribution in [0.3, 0.4) is 0 Å². The van der Waals surface area contributed by atoms with Gasteiger partial charge in [0.05, 0.1) is 35.0 Å². The summed E-state index contributed by atoms with van der Waals surface area (Å²) >= 11 is 1.69. The van der Waals surface area contributed by atoms with Gasteiger partial charge in [-0.25, -0.2) is 13.4 Å². The van der Waals surface area contributed by atoms with E-state index in [1.54, 1.807) is 12.1 Å². The van der Waals surface area contributed by atoms with Crippen molar-refractivity contribution >= 4 is 39.2 Å². The summed E-state index contributed by atoms with van der Waals surface area (Å²) in [5, 5.41) is 0. The molecule has 29 heavy (non-hydrogen) atoms. The number of hydrogen-bond donors (Lipinski definition) is 0. The van der Waals surface area contributed by atoms with Crippen molar-refractivity contribution < 1.29 is 8.42 Å². The number of rotatable bonds is 3. The van der Waals surface area contributed by atoms with E-state index < -0.39 is 9.84 Å². The summed E-state index contributed by atoms with van der Waals surface area (Å²) in [6, 6.07) is 12.5. The van der Waals surface area contributed by atoms with E-state index in [2.05, 4.69) is 58.5 Å². The van der Waals surface area contributed by atoms with Gasteiger partial charge in [-0.15, -0.1) is 0 Å². The van der Waals surface area contributed by atoms with Gasteiger partial charge in [-0.2, -0.15) is 0 Å². The molecule has 2 aliphatic rings. The number of fused-ring (bicyclic) bond motifs is 1. The largest absolute Gasteiger partial charge is 0.369 e. The Balaban J connectivity index is 1.59. The van der Waals surface area contributed by atoms with Gasteiger partial charge >= 0.3 is 0 Å². The molecule has 0 aliphatic carbocycles. The van der Waals surface area contributed by atoms with Crippen LogP contribution in [0.5, 0.6) is 0 Å². The first kappa shape index (κ1) is 20.3. The molecule has 8 heteroatoms. The molecule has 0 spiro atoms. The molecule has 0 radical (unpaired) electrons. The fraction of sp³-hybridized carbons (Fsp3) is 0.476. The van der Waals surface area contributed by atoms with E-state index >= 15 is 0 Å². The van der Waals surface area contributed by atoms with Crippen molar-refractivity contribution in [3.05, 3.63) is 36.4 Å². The van der Waals surface area contributed by atoms with Crippen molar-refractivity contribution in [2.24, 2.45) is 5.41 Å². The number of anilines is 3. The van der Waals surface area contributed by atoms with Gasteiger partial charge in [-0.1, -0.05) is 32.9 Å². The molecule has 2 aromatic rings. The van der Waals surface area contributed by atoms with Crippen LogP contribution >= 0.6 is 12.1 Å². The molecule has 3 heterocycles. The van der Waals surface area contributed by atoms with Crippen molar-refractivity contribution in [3.63, 3.8) is 0 Å². The van der Waals surface area contributed by atoms with Crippen LogP contribution in [0, 0.1) is 5.41 Å². The van der Waals surface area contributed by atoms with Gasteiger partial charge in [-0.05, 0) is 29.7 Å². The summed E-state index contributed by atoms with van der Waals surface area (Å²) in [6.07, 6.45) is 0. The fourth-order valence-corrected chi connectivity index (χ4v) is 6.02. The van der Waals surface area contributed by atoms with Crippen LogP contribution < -0.4 is 13.5 Å². The molecule has 0 saturated carbocycles. The van der Waals surface area contributed by atoms with Crippen LogP contribution in [0.1, 0.15) is 20.8 Å². The summed E-state index contributed by atoms with van der Waals surface area (Å²) in [5.74, 6) is 1.42. The predicted octanol–water partition coefficient (Wildman–Crippen LogP) is 3.85. The molecule has 0 bridgehead atoms. The molecule has 0 atom stereocenters. The minimum absolute atomic E-state index is 0.199. The van der Waals surface area contributed by atoms with Crippen LogP contribution in [0.2, 0.25) is 0 Å². The van der Waals surface area contributed by atoms with Crippen molar-refractivity contribution in [2.75, 3.05) is 51.7 Å². The van der Waals surface area contributed by atoms with Crippen molar-refractivity contribution in [2.45, 2.75) is 20.8 Å². The minimum Gasteiger partial charge on any atom is -0.369 e. The Labute approximate surface area is 178 Å². The first-order chi connectivity index (χ1) is 13.6. The monoisotopic (exact) mass is 432 g/mol. The number of pyridine rings is 1. The maximum absolute atomic E-state index is 11.7. The maximum atomic E-state index is 11.7.